The van der Waals surface area contributed by atoms with Crippen molar-refractivity contribution in [2.75, 3.05) is 0 Å². The van der Waals surface area contributed by atoms with Gasteiger partial charge in [0.1, 0.15) is 12.2 Å². The number of H-pyrrole nitrogens is 1. The zero-order valence-electron chi connectivity index (χ0n) is 9.63. The molecule has 0 amide bonds. The van der Waals surface area contributed by atoms with Gasteiger partial charge in [-0.2, -0.15) is 0 Å². The van der Waals surface area contributed by atoms with Gasteiger partial charge in [0, 0.05) is 14.1 Å². The maximum absolute atomic E-state index is 11.9. The number of carboxylic acid groups (broad SMARTS) is 1. The highest BCUT2D eigenvalue weighted by molar-refractivity contribution is 5.74. The van der Waals surface area contributed by atoms with Crippen LogP contribution in [0.1, 0.15) is 0 Å². The molecule has 0 aromatic carbocycles. The molecule has 0 aliphatic carbocycles. The van der Waals surface area contributed by atoms with E-state index in [4.69, 9.17) is 5.11 Å². The van der Waals surface area contributed by atoms with E-state index in [-0.39, 0.29) is 11.2 Å². The van der Waals surface area contributed by atoms with E-state index in [0.717, 1.165) is 13.7 Å². The average Bonchev–Trinajstić information content (AvgIpc) is 2.61. The number of aromatic nitrogens is 4. The fraction of sp³-hybridized carbons (Fsp3) is 0.333. The van der Waals surface area contributed by atoms with Gasteiger partial charge in [-0.3, -0.25) is 28.3 Å². The molecule has 0 aliphatic heterocycles. The van der Waals surface area contributed by atoms with Crippen LogP contribution >= 0.6 is 0 Å². The summed E-state index contributed by atoms with van der Waals surface area (Å²) in [4.78, 5) is 48.1. The molecule has 0 spiro atoms. The standard InChI is InChI=1S/C9H10N4O5/c1-11-6-5(7(16)12(2)9(11)18)13(3-4(14)15)8(17)10-6/h3H2,1-2H3,(H,10,17)(H,14,15). The van der Waals surface area contributed by atoms with Gasteiger partial charge in [-0.15, -0.1) is 0 Å². The molecule has 0 unspecified atom stereocenters. The predicted octanol–water partition coefficient (Wildman–Crippen LogP) is -2.19. The summed E-state index contributed by atoms with van der Waals surface area (Å²) in [6.45, 7) is -0.647. The third kappa shape index (κ3) is 1.48. The molecule has 0 saturated carbocycles. The van der Waals surface area contributed by atoms with Crippen molar-refractivity contribution in [1.82, 2.24) is 18.7 Å². The van der Waals surface area contributed by atoms with E-state index in [9.17, 15) is 19.2 Å². The Morgan fingerprint density at radius 2 is 1.83 bits per heavy atom. The van der Waals surface area contributed by atoms with Crippen LogP contribution < -0.4 is 16.9 Å². The summed E-state index contributed by atoms with van der Waals surface area (Å²) >= 11 is 0. The molecular formula is C9H10N4O5. The third-order valence-electron chi connectivity index (χ3n) is 2.67. The number of aryl methyl sites for hydroxylation is 1. The quantitative estimate of drug-likeness (QED) is 0.631. The van der Waals surface area contributed by atoms with E-state index >= 15 is 0 Å². The van der Waals surface area contributed by atoms with Crippen molar-refractivity contribution in [3.8, 4) is 0 Å². The first-order chi connectivity index (χ1) is 8.34. The second-order valence-electron chi connectivity index (χ2n) is 3.81. The Morgan fingerprint density at radius 3 is 2.39 bits per heavy atom. The second-order valence-corrected chi connectivity index (χ2v) is 3.81. The van der Waals surface area contributed by atoms with Crippen LogP contribution in [0.3, 0.4) is 0 Å². The van der Waals surface area contributed by atoms with Gasteiger partial charge in [0.25, 0.3) is 5.56 Å². The highest BCUT2D eigenvalue weighted by Crippen LogP contribution is 2.01. The van der Waals surface area contributed by atoms with E-state index in [1.54, 1.807) is 0 Å². The highest BCUT2D eigenvalue weighted by atomic mass is 16.4. The highest BCUT2D eigenvalue weighted by Gasteiger charge is 2.17. The lowest BCUT2D eigenvalue weighted by atomic mass is 10.5. The topological polar surface area (TPSA) is 119 Å². The van der Waals surface area contributed by atoms with Crippen molar-refractivity contribution < 1.29 is 9.90 Å². The Kier molecular flexibility index (Phi) is 2.46. The Morgan fingerprint density at radius 1 is 1.22 bits per heavy atom. The lowest BCUT2D eigenvalue weighted by Gasteiger charge is -2.04. The average molecular weight is 254 g/mol. The van der Waals surface area contributed by atoms with Gasteiger partial charge in [-0.25, -0.2) is 9.59 Å². The monoisotopic (exact) mass is 254 g/mol. The van der Waals surface area contributed by atoms with Crippen LogP contribution in [-0.4, -0.2) is 29.8 Å². The molecule has 0 radical (unpaired) electrons. The van der Waals surface area contributed by atoms with Crippen molar-refractivity contribution in [2.24, 2.45) is 14.1 Å². The maximum Gasteiger partial charge on any atom is 0.332 e. The van der Waals surface area contributed by atoms with Gasteiger partial charge in [0.15, 0.2) is 5.52 Å². The van der Waals surface area contributed by atoms with Crippen molar-refractivity contribution >= 4 is 17.1 Å². The van der Waals surface area contributed by atoms with Crippen LogP contribution in [0.15, 0.2) is 14.4 Å². The number of nitrogens with zero attached hydrogens (tertiary/aromatic N) is 3. The Balaban J connectivity index is 3.04. The number of hydrogen-bond donors (Lipinski definition) is 2. The lowest BCUT2D eigenvalue weighted by Crippen LogP contribution is -2.38. The predicted molar refractivity (Wildman–Crippen MR) is 60.7 cm³/mol. The Hall–Kier alpha value is -2.58. The zero-order valence-corrected chi connectivity index (χ0v) is 9.63. The molecule has 96 valence electrons. The summed E-state index contributed by atoms with van der Waals surface area (Å²) in [5.74, 6) is -1.26. The molecule has 0 fully saturated rings. The number of imidazole rings is 1. The van der Waals surface area contributed by atoms with E-state index in [2.05, 4.69) is 4.98 Å². The van der Waals surface area contributed by atoms with Crippen LogP contribution in [0.5, 0.6) is 0 Å². The number of nitrogens with one attached hydrogen (secondary N) is 1. The number of carbonyl (C=O) groups is 1. The van der Waals surface area contributed by atoms with Crippen molar-refractivity contribution in [3.63, 3.8) is 0 Å². The number of aromatic amines is 1. The van der Waals surface area contributed by atoms with Gasteiger partial charge in [0.2, 0.25) is 0 Å². The maximum atomic E-state index is 11.9. The van der Waals surface area contributed by atoms with Crippen LogP contribution in [-0.2, 0) is 25.4 Å². The summed E-state index contributed by atoms with van der Waals surface area (Å²) in [6, 6.07) is 0. The number of hydrogen-bond acceptors (Lipinski definition) is 4. The van der Waals surface area contributed by atoms with Gasteiger partial charge < -0.3 is 5.11 Å². The van der Waals surface area contributed by atoms with Crippen molar-refractivity contribution in [2.45, 2.75) is 6.54 Å². The van der Waals surface area contributed by atoms with Gasteiger partial charge in [0.05, 0.1) is 0 Å². The summed E-state index contributed by atoms with van der Waals surface area (Å²) in [5, 5.41) is 8.70. The van der Waals surface area contributed by atoms with E-state index in [1.807, 2.05) is 0 Å². The van der Waals surface area contributed by atoms with E-state index in [0.29, 0.717) is 0 Å². The second kappa shape index (κ2) is 3.72. The van der Waals surface area contributed by atoms with Crippen LogP contribution in [0.25, 0.3) is 11.2 Å². The summed E-state index contributed by atoms with van der Waals surface area (Å²) in [7, 11) is 2.64. The molecule has 2 heterocycles. The molecule has 0 saturated heterocycles. The molecule has 18 heavy (non-hydrogen) atoms. The minimum absolute atomic E-state index is 0.00866. The Bertz CT molecular complexity index is 818. The summed E-state index contributed by atoms with van der Waals surface area (Å²) in [5.41, 5.74) is -2.18. The number of rotatable bonds is 2. The number of aliphatic carboxylic acids is 1. The molecular weight excluding hydrogens is 244 g/mol. The summed E-state index contributed by atoms with van der Waals surface area (Å²) < 4.78 is 2.68. The van der Waals surface area contributed by atoms with Crippen LogP contribution in [0, 0.1) is 0 Å². The summed E-state index contributed by atoms with van der Waals surface area (Å²) in [6.07, 6.45) is 0. The van der Waals surface area contributed by atoms with Gasteiger partial charge in [-0.05, 0) is 0 Å². The molecule has 0 aliphatic rings. The molecule has 9 nitrogen and oxygen atoms in total. The van der Waals surface area contributed by atoms with Gasteiger partial charge >= 0.3 is 17.3 Å². The molecule has 2 aromatic heterocycles. The van der Waals surface area contributed by atoms with E-state index in [1.165, 1.54) is 14.1 Å². The molecule has 2 rings (SSSR count). The number of carboxylic acids is 1. The molecule has 2 N–H and O–H groups in total. The molecule has 0 atom stereocenters. The van der Waals surface area contributed by atoms with Crippen molar-refractivity contribution in [1.29, 1.82) is 0 Å². The van der Waals surface area contributed by atoms with Crippen LogP contribution in [0.4, 0.5) is 0 Å². The largest absolute Gasteiger partial charge is 0.480 e. The first kappa shape index (κ1) is 11.9. The zero-order chi connectivity index (χ0) is 13.6. The molecule has 9 heteroatoms. The molecule has 2 aromatic rings. The first-order valence-electron chi connectivity index (χ1n) is 4.95. The minimum Gasteiger partial charge on any atom is -0.480 e. The fourth-order valence-electron chi connectivity index (χ4n) is 1.77. The Labute approximate surface area is 98.5 Å². The normalized spacial score (nSPS) is 11.0. The third-order valence-corrected chi connectivity index (χ3v) is 2.67. The van der Waals surface area contributed by atoms with Crippen LogP contribution in [0.2, 0.25) is 0 Å². The van der Waals surface area contributed by atoms with E-state index < -0.39 is 29.5 Å². The smallest absolute Gasteiger partial charge is 0.332 e. The lowest BCUT2D eigenvalue weighted by molar-refractivity contribution is -0.137. The minimum atomic E-state index is -1.26. The first-order valence-corrected chi connectivity index (χ1v) is 4.95. The molecule has 0 bridgehead atoms. The number of fused-ring (bicyclic) bond motifs is 1. The van der Waals surface area contributed by atoms with Crippen molar-refractivity contribution in [3.05, 3.63) is 31.3 Å². The van der Waals surface area contributed by atoms with Gasteiger partial charge in [-0.1, -0.05) is 0 Å². The fourth-order valence-corrected chi connectivity index (χ4v) is 1.77. The SMILES string of the molecule is Cn1c(=O)c2c([nH]c(=O)n2CC(=O)O)n(C)c1=O.